The number of hydrogen-bond donors (Lipinski definition) is 2. The molecule has 3 rings (SSSR count). The van der Waals surface area contributed by atoms with Gasteiger partial charge in [-0.1, -0.05) is 18.6 Å². The normalized spacial score (nSPS) is 15.4. The maximum atomic E-state index is 12.6. The number of rotatable bonds is 8. The number of carbonyl (C=O) groups excluding carboxylic acids is 2. The van der Waals surface area contributed by atoms with Crippen molar-refractivity contribution in [3.8, 4) is 5.75 Å². The molecule has 0 bridgehead atoms. The van der Waals surface area contributed by atoms with Gasteiger partial charge in [0.2, 0.25) is 5.91 Å². The summed E-state index contributed by atoms with van der Waals surface area (Å²) >= 11 is 0. The first-order chi connectivity index (χ1) is 14.6. The van der Waals surface area contributed by atoms with Crippen molar-refractivity contribution in [3.63, 3.8) is 0 Å². The van der Waals surface area contributed by atoms with Crippen LogP contribution in [0.15, 0.2) is 36.7 Å². The summed E-state index contributed by atoms with van der Waals surface area (Å²) in [5, 5.41) is 5.92. The molecule has 162 valence electrons. The fraction of sp³-hybridized carbons (Fsp3) is 0.500. The van der Waals surface area contributed by atoms with Gasteiger partial charge in [-0.15, -0.1) is 0 Å². The third-order valence-electron chi connectivity index (χ3n) is 5.40. The molecule has 0 saturated carbocycles. The van der Waals surface area contributed by atoms with Crippen LogP contribution in [0.4, 0.5) is 4.79 Å². The van der Waals surface area contributed by atoms with Crippen LogP contribution in [0.2, 0.25) is 0 Å². The van der Waals surface area contributed by atoms with E-state index in [1.165, 1.54) is 0 Å². The molecule has 8 heteroatoms. The zero-order chi connectivity index (χ0) is 21.3. The molecule has 1 aliphatic heterocycles. The summed E-state index contributed by atoms with van der Waals surface area (Å²) in [6.45, 7) is 2.01. The number of benzene rings is 1. The highest BCUT2D eigenvalue weighted by atomic mass is 16.5. The molecule has 0 spiro atoms. The highest BCUT2D eigenvalue weighted by Gasteiger charge is 2.21. The molecule has 2 aromatic rings. The maximum absolute atomic E-state index is 12.6. The Morgan fingerprint density at radius 1 is 1.23 bits per heavy atom. The lowest BCUT2D eigenvalue weighted by Gasteiger charge is -2.21. The minimum Gasteiger partial charge on any atom is -0.497 e. The summed E-state index contributed by atoms with van der Waals surface area (Å²) in [5.41, 5.74) is 0.912. The summed E-state index contributed by atoms with van der Waals surface area (Å²) in [7, 11) is 3.52. The van der Waals surface area contributed by atoms with Gasteiger partial charge in [-0.05, 0) is 37.0 Å². The van der Waals surface area contributed by atoms with Crippen LogP contribution in [0.5, 0.6) is 5.75 Å². The lowest BCUT2D eigenvalue weighted by molar-refractivity contribution is -0.130. The first-order valence-electron chi connectivity index (χ1n) is 10.5. The predicted octanol–water partition coefficient (Wildman–Crippen LogP) is 2.61. The largest absolute Gasteiger partial charge is 0.497 e. The number of ether oxygens (including phenoxy) is 1. The zero-order valence-electron chi connectivity index (χ0n) is 17.8. The number of aromatic nitrogens is 2. The van der Waals surface area contributed by atoms with Crippen molar-refractivity contribution in [2.75, 3.05) is 26.7 Å². The fourth-order valence-corrected chi connectivity index (χ4v) is 3.68. The van der Waals surface area contributed by atoms with Crippen LogP contribution in [0.25, 0.3) is 0 Å². The van der Waals surface area contributed by atoms with Crippen molar-refractivity contribution >= 4 is 11.9 Å². The quantitative estimate of drug-likeness (QED) is 0.651. The standard InChI is InChI=1S/C22H31N5O3/c1-26-16-13-23-21(26)20(17-8-10-18(30-2)11-9-17)25-22(29)24-12-6-15-27-14-5-3-4-7-19(27)28/h8-11,13,16,20H,3-7,12,14-15H2,1-2H3,(H2,24,25,29). The minimum atomic E-state index is -0.386. The Hall–Kier alpha value is -3.03. The molecule has 3 amide bonds. The van der Waals surface area contributed by atoms with Crippen molar-refractivity contribution < 1.29 is 14.3 Å². The molecule has 0 aliphatic carbocycles. The maximum Gasteiger partial charge on any atom is 0.315 e. The van der Waals surface area contributed by atoms with Gasteiger partial charge >= 0.3 is 6.03 Å². The molecule has 1 aliphatic rings. The van der Waals surface area contributed by atoms with E-state index in [1.54, 1.807) is 13.3 Å². The molecule has 8 nitrogen and oxygen atoms in total. The number of nitrogens with zero attached hydrogens (tertiary/aromatic N) is 3. The Labute approximate surface area is 177 Å². The Morgan fingerprint density at radius 2 is 2.03 bits per heavy atom. The molecule has 0 radical (unpaired) electrons. The molecule has 1 saturated heterocycles. The van der Waals surface area contributed by atoms with Gasteiger partial charge in [-0.2, -0.15) is 0 Å². The predicted molar refractivity (Wildman–Crippen MR) is 114 cm³/mol. The smallest absolute Gasteiger partial charge is 0.315 e. The molecule has 1 fully saturated rings. The van der Waals surface area contributed by atoms with Gasteiger partial charge in [0.1, 0.15) is 17.6 Å². The van der Waals surface area contributed by atoms with Gasteiger partial charge in [-0.3, -0.25) is 4.79 Å². The number of carbonyl (C=O) groups is 2. The van der Waals surface area contributed by atoms with E-state index in [0.29, 0.717) is 19.5 Å². The molecule has 30 heavy (non-hydrogen) atoms. The number of amides is 3. The van der Waals surface area contributed by atoms with Crippen LogP contribution in [-0.4, -0.2) is 53.1 Å². The fourth-order valence-electron chi connectivity index (χ4n) is 3.68. The van der Waals surface area contributed by atoms with E-state index < -0.39 is 0 Å². The van der Waals surface area contributed by atoms with Crippen molar-refractivity contribution in [1.82, 2.24) is 25.1 Å². The van der Waals surface area contributed by atoms with E-state index in [4.69, 9.17) is 4.74 Å². The number of urea groups is 1. The van der Waals surface area contributed by atoms with Crippen LogP contribution in [-0.2, 0) is 11.8 Å². The minimum absolute atomic E-state index is 0.228. The van der Waals surface area contributed by atoms with Crippen LogP contribution in [0.3, 0.4) is 0 Å². The first-order valence-corrected chi connectivity index (χ1v) is 10.5. The summed E-state index contributed by atoms with van der Waals surface area (Å²) in [4.78, 5) is 30.9. The molecule has 1 atom stereocenters. The average molecular weight is 414 g/mol. The topological polar surface area (TPSA) is 88.5 Å². The van der Waals surface area contributed by atoms with Crippen LogP contribution >= 0.6 is 0 Å². The summed E-state index contributed by atoms with van der Waals surface area (Å²) < 4.78 is 7.12. The SMILES string of the molecule is COc1ccc(C(NC(=O)NCCCN2CCCCCC2=O)c2nccn2C)cc1. The number of nitrogens with one attached hydrogen (secondary N) is 2. The van der Waals surface area contributed by atoms with Crippen molar-refractivity contribution in [2.24, 2.45) is 7.05 Å². The zero-order valence-corrected chi connectivity index (χ0v) is 17.8. The highest BCUT2D eigenvalue weighted by molar-refractivity contribution is 5.76. The van der Waals surface area contributed by atoms with Gasteiger partial charge < -0.3 is 24.8 Å². The molecule has 1 aromatic heterocycles. The van der Waals surface area contributed by atoms with E-state index in [1.807, 2.05) is 47.0 Å². The summed E-state index contributed by atoms with van der Waals surface area (Å²) in [5.74, 6) is 1.72. The second-order valence-corrected chi connectivity index (χ2v) is 7.55. The van der Waals surface area contributed by atoms with E-state index in [2.05, 4.69) is 15.6 Å². The van der Waals surface area contributed by atoms with E-state index in [0.717, 1.165) is 49.4 Å². The third kappa shape index (κ3) is 5.75. The van der Waals surface area contributed by atoms with Crippen molar-refractivity contribution in [3.05, 3.63) is 48.0 Å². The number of methoxy groups -OCH3 is 1. The third-order valence-corrected chi connectivity index (χ3v) is 5.40. The molecule has 1 aromatic carbocycles. The molecule has 1 unspecified atom stereocenters. The second-order valence-electron chi connectivity index (χ2n) is 7.55. The van der Waals surface area contributed by atoms with Gasteiger partial charge in [0.15, 0.2) is 0 Å². The molecule has 2 N–H and O–H groups in total. The summed E-state index contributed by atoms with van der Waals surface area (Å²) in [6, 6.07) is 6.92. The average Bonchev–Trinajstić information content (AvgIpc) is 3.07. The number of hydrogen-bond acceptors (Lipinski definition) is 4. The lowest BCUT2D eigenvalue weighted by Crippen LogP contribution is -2.40. The van der Waals surface area contributed by atoms with Gasteiger partial charge in [-0.25, -0.2) is 9.78 Å². The Bertz CT molecular complexity index is 834. The van der Waals surface area contributed by atoms with E-state index in [-0.39, 0.29) is 18.0 Å². The number of aryl methyl sites for hydroxylation is 1. The second kappa shape index (κ2) is 10.7. The monoisotopic (exact) mass is 413 g/mol. The number of likely N-dealkylation sites (tertiary alicyclic amines) is 1. The Morgan fingerprint density at radius 3 is 2.73 bits per heavy atom. The van der Waals surface area contributed by atoms with Crippen LogP contribution in [0.1, 0.15) is 49.5 Å². The van der Waals surface area contributed by atoms with Crippen LogP contribution in [0, 0.1) is 0 Å². The summed E-state index contributed by atoms with van der Waals surface area (Å²) in [6.07, 6.45) is 8.09. The van der Waals surface area contributed by atoms with Crippen molar-refractivity contribution in [2.45, 2.75) is 38.1 Å². The highest BCUT2D eigenvalue weighted by Crippen LogP contribution is 2.23. The van der Waals surface area contributed by atoms with E-state index in [9.17, 15) is 9.59 Å². The van der Waals surface area contributed by atoms with E-state index >= 15 is 0 Å². The van der Waals surface area contributed by atoms with Gasteiger partial charge in [0.25, 0.3) is 0 Å². The van der Waals surface area contributed by atoms with Crippen LogP contribution < -0.4 is 15.4 Å². The molecular formula is C22H31N5O3. The Kier molecular flexibility index (Phi) is 7.70. The molecule has 2 heterocycles. The molecular weight excluding hydrogens is 382 g/mol. The van der Waals surface area contributed by atoms with Gasteiger partial charge in [0, 0.05) is 45.5 Å². The van der Waals surface area contributed by atoms with Crippen molar-refractivity contribution in [1.29, 1.82) is 0 Å². The first kappa shape index (κ1) is 21.7. The van der Waals surface area contributed by atoms with Gasteiger partial charge in [0.05, 0.1) is 7.11 Å². The Balaban J connectivity index is 1.55. The number of imidazole rings is 1. The lowest BCUT2D eigenvalue weighted by atomic mass is 10.1.